The standard InChI is InChI=1S/C10H11FO2/c1-7-4-2-3-5-8(7)9(11)6-10(12)13/h2-5,9H,6H2,1H3,(H,12,13). The zero-order chi connectivity index (χ0) is 9.84. The number of benzene rings is 1. The summed E-state index contributed by atoms with van der Waals surface area (Å²) < 4.78 is 13.3. The summed E-state index contributed by atoms with van der Waals surface area (Å²) in [5.74, 6) is -1.12. The molecule has 0 saturated heterocycles. The fraction of sp³-hybridized carbons (Fsp3) is 0.300. The second-order valence-electron chi connectivity index (χ2n) is 2.92. The van der Waals surface area contributed by atoms with Crippen LogP contribution in [0.3, 0.4) is 0 Å². The molecule has 0 heterocycles. The summed E-state index contributed by atoms with van der Waals surface area (Å²) in [5, 5.41) is 8.40. The van der Waals surface area contributed by atoms with Crippen molar-refractivity contribution < 1.29 is 14.3 Å². The van der Waals surface area contributed by atoms with E-state index in [1.54, 1.807) is 31.2 Å². The highest BCUT2D eigenvalue weighted by atomic mass is 19.1. The molecular formula is C10H11FO2. The summed E-state index contributed by atoms with van der Waals surface area (Å²) in [6, 6.07) is 6.88. The molecule has 1 rings (SSSR count). The first kappa shape index (κ1) is 9.71. The Morgan fingerprint density at radius 3 is 2.69 bits per heavy atom. The van der Waals surface area contributed by atoms with Gasteiger partial charge in [0.1, 0.15) is 6.17 Å². The van der Waals surface area contributed by atoms with Crippen molar-refractivity contribution in [3.63, 3.8) is 0 Å². The number of aliphatic carboxylic acids is 1. The highest BCUT2D eigenvalue weighted by Crippen LogP contribution is 2.23. The van der Waals surface area contributed by atoms with E-state index in [0.717, 1.165) is 5.56 Å². The van der Waals surface area contributed by atoms with Crippen LogP contribution in [0.15, 0.2) is 24.3 Å². The maximum Gasteiger partial charge on any atom is 0.306 e. The summed E-state index contributed by atoms with van der Waals surface area (Å²) in [7, 11) is 0. The monoisotopic (exact) mass is 182 g/mol. The van der Waals surface area contributed by atoms with Gasteiger partial charge in [-0.3, -0.25) is 4.79 Å². The van der Waals surface area contributed by atoms with Crippen LogP contribution >= 0.6 is 0 Å². The highest BCUT2D eigenvalue weighted by Gasteiger charge is 2.15. The maximum absolute atomic E-state index is 13.3. The van der Waals surface area contributed by atoms with E-state index < -0.39 is 18.6 Å². The number of aryl methyl sites for hydroxylation is 1. The van der Waals surface area contributed by atoms with E-state index in [0.29, 0.717) is 5.56 Å². The molecule has 0 spiro atoms. The third kappa shape index (κ3) is 2.54. The van der Waals surface area contributed by atoms with Gasteiger partial charge in [0.05, 0.1) is 6.42 Å². The number of hydrogen-bond donors (Lipinski definition) is 1. The average molecular weight is 182 g/mol. The number of carbonyl (C=O) groups is 1. The summed E-state index contributed by atoms with van der Waals surface area (Å²) in [5.41, 5.74) is 1.25. The smallest absolute Gasteiger partial charge is 0.306 e. The quantitative estimate of drug-likeness (QED) is 0.779. The van der Waals surface area contributed by atoms with Crippen LogP contribution in [-0.2, 0) is 4.79 Å². The largest absolute Gasteiger partial charge is 0.481 e. The molecule has 1 unspecified atom stereocenters. The molecule has 2 nitrogen and oxygen atoms in total. The molecule has 70 valence electrons. The summed E-state index contributed by atoms with van der Waals surface area (Å²) in [6.07, 6.45) is -1.87. The van der Waals surface area contributed by atoms with Gasteiger partial charge in [-0.2, -0.15) is 0 Å². The van der Waals surface area contributed by atoms with Gasteiger partial charge in [-0.1, -0.05) is 24.3 Å². The lowest BCUT2D eigenvalue weighted by Gasteiger charge is -2.08. The van der Waals surface area contributed by atoms with Crippen LogP contribution in [0.5, 0.6) is 0 Å². The van der Waals surface area contributed by atoms with Crippen molar-refractivity contribution in [2.24, 2.45) is 0 Å². The van der Waals surface area contributed by atoms with Crippen molar-refractivity contribution in [2.75, 3.05) is 0 Å². The lowest BCUT2D eigenvalue weighted by atomic mass is 10.0. The number of alkyl halides is 1. The lowest BCUT2D eigenvalue weighted by Crippen LogP contribution is -2.02. The molecule has 1 aromatic rings. The normalized spacial score (nSPS) is 12.5. The minimum absolute atomic E-state index is 0.463. The Labute approximate surface area is 76.0 Å². The average Bonchev–Trinajstić information content (AvgIpc) is 2.03. The predicted octanol–water partition coefficient (Wildman–Crippen LogP) is 2.48. The van der Waals surface area contributed by atoms with Gasteiger partial charge in [-0.25, -0.2) is 4.39 Å². The van der Waals surface area contributed by atoms with Gasteiger partial charge in [-0.05, 0) is 18.1 Å². The molecule has 3 heteroatoms. The molecule has 0 radical (unpaired) electrons. The van der Waals surface area contributed by atoms with Crippen LogP contribution in [0.25, 0.3) is 0 Å². The molecule has 0 saturated carbocycles. The topological polar surface area (TPSA) is 37.3 Å². The molecule has 1 N–H and O–H groups in total. The Bertz CT molecular complexity index is 310. The van der Waals surface area contributed by atoms with Crippen LogP contribution in [0.2, 0.25) is 0 Å². The lowest BCUT2D eigenvalue weighted by molar-refractivity contribution is -0.138. The molecule has 0 aliphatic carbocycles. The fourth-order valence-corrected chi connectivity index (χ4v) is 1.20. The Kier molecular flexibility index (Phi) is 3.01. The minimum Gasteiger partial charge on any atom is -0.481 e. The number of carboxylic acid groups (broad SMARTS) is 1. The van der Waals surface area contributed by atoms with E-state index in [2.05, 4.69) is 0 Å². The van der Waals surface area contributed by atoms with Gasteiger partial charge in [0, 0.05) is 0 Å². The Hall–Kier alpha value is -1.38. The van der Waals surface area contributed by atoms with Crippen molar-refractivity contribution in [1.29, 1.82) is 0 Å². The molecular weight excluding hydrogens is 171 g/mol. The highest BCUT2D eigenvalue weighted by molar-refractivity contribution is 5.67. The van der Waals surface area contributed by atoms with Gasteiger partial charge in [-0.15, -0.1) is 0 Å². The zero-order valence-electron chi connectivity index (χ0n) is 7.33. The molecule has 1 aromatic carbocycles. The van der Waals surface area contributed by atoms with E-state index in [-0.39, 0.29) is 0 Å². The summed E-state index contributed by atoms with van der Waals surface area (Å²) in [6.45, 7) is 1.77. The fourth-order valence-electron chi connectivity index (χ4n) is 1.20. The zero-order valence-corrected chi connectivity index (χ0v) is 7.33. The summed E-state index contributed by atoms with van der Waals surface area (Å²) >= 11 is 0. The SMILES string of the molecule is Cc1ccccc1C(F)CC(=O)O. The molecule has 0 aliphatic rings. The van der Waals surface area contributed by atoms with Gasteiger partial charge < -0.3 is 5.11 Å². The van der Waals surface area contributed by atoms with Crippen molar-refractivity contribution in [3.05, 3.63) is 35.4 Å². The predicted molar refractivity (Wildman–Crippen MR) is 47.3 cm³/mol. The van der Waals surface area contributed by atoms with Crippen LogP contribution in [0.4, 0.5) is 4.39 Å². The van der Waals surface area contributed by atoms with Crippen molar-refractivity contribution in [3.8, 4) is 0 Å². The first-order valence-electron chi connectivity index (χ1n) is 4.02. The van der Waals surface area contributed by atoms with Crippen LogP contribution in [0.1, 0.15) is 23.7 Å². The van der Waals surface area contributed by atoms with E-state index in [1.165, 1.54) is 0 Å². The number of halogens is 1. The second-order valence-corrected chi connectivity index (χ2v) is 2.92. The van der Waals surface area contributed by atoms with Crippen molar-refractivity contribution in [1.82, 2.24) is 0 Å². The second kappa shape index (κ2) is 4.03. The van der Waals surface area contributed by atoms with Crippen LogP contribution in [-0.4, -0.2) is 11.1 Å². The van der Waals surface area contributed by atoms with E-state index in [4.69, 9.17) is 5.11 Å². The van der Waals surface area contributed by atoms with Crippen molar-refractivity contribution in [2.45, 2.75) is 19.5 Å². The molecule has 0 fully saturated rings. The molecule has 0 amide bonds. The van der Waals surface area contributed by atoms with Gasteiger partial charge in [0.15, 0.2) is 0 Å². The number of rotatable bonds is 3. The third-order valence-corrected chi connectivity index (χ3v) is 1.88. The van der Waals surface area contributed by atoms with E-state index in [1.807, 2.05) is 0 Å². The van der Waals surface area contributed by atoms with Crippen molar-refractivity contribution >= 4 is 5.97 Å². The van der Waals surface area contributed by atoms with Gasteiger partial charge >= 0.3 is 5.97 Å². The number of hydrogen-bond acceptors (Lipinski definition) is 1. The van der Waals surface area contributed by atoms with Crippen LogP contribution in [0, 0.1) is 6.92 Å². The Morgan fingerprint density at radius 2 is 2.15 bits per heavy atom. The Morgan fingerprint density at radius 1 is 1.54 bits per heavy atom. The maximum atomic E-state index is 13.3. The number of carboxylic acids is 1. The van der Waals surface area contributed by atoms with E-state index >= 15 is 0 Å². The molecule has 0 aliphatic heterocycles. The first-order valence-corrected chi connectivity index (χ1v) is 4.02. The Balaban J connectivity index is 2.82. The molecule has 1 atom stereocenters. The van der Waals surface area contributed by atoms with E-state index in [9.17, 15) is 9.18 Å². The van der Waals surface area contributed by atoms with Crippen LogP contribution < -0.4 is 0 Å². The first-order chi connectivity index (χ1) is 6.11. The van der Waals surface area contributed by atoms with Gasteiger partial charge in [0.2, 0.25) is 0 Å². The third-order valence-electron chi connectivity index (χ3n) is 1.88. The molecule has 13 heavy (non-hydrogen) atoms. The van der Waals surface area contributed by atoms with Gasteiger partial charge in [0.25, 0.3) is 0 Å². The molecule has 0 bridgehead atoms. The minimum atomic E-state index is -1.40. The molecule has 0 aromatic heterocycles. The summed E-state index contributed by atoms with van der Waals surface area (Å²) in [4.78, 5) is 10.3.